The van der Waals surface area contributed by atoms with Crippen LogP contribution >= 0.6 is 11.3 Å². The standard InChI is InChI=1S/C22H39BO2S/c1-7-9-11-13-15-18-17-19(16-14-12-10-8-2)26-20(18)23-24-21(3,4)22(5,6)25-23/h17H,7-16H2,1-6H3. The molecule has 2 nitrogen and oxygen atoms in total. The van der Waals surface area contributed by atoms with E-state index in [1.807, 2.05) is 11.3 Å². The maximum absolute atomic E-state index is 6.36. The van der Waals surface area contributed by atoms with E-state index in [1.54, 1.807) is 0 Å². The number of unbranched alkanes of at least 4 members (excludes halogenated alkanes) is 6. The lowest BCUT2D eigenvalue weighted by molar-refractivity contribution is 0.00578. The van der Waals surface area contributed by atoms with E-state index in [9.17, 15) is 0 Å². The molecule has 2 heterocycles. The molecule has 1 aromatic heterocycles. The first-order valence-electron chi connectivity index (χ1n) is 10.8. The smallest absolute Gasteiger partial charge is 0.399 e. The predicted octanol–water partition coefficient (Wildman–Crippen LogP) is 6.29. The van der Waals surface area contributed by atoms with Crippen molar-refractivity contribution in [3.63, 3.8) is 0 Å². The first-order chi connectivity index (χ1) is 12.3. The van der Waals surface area contributed by atoms with E-state index >= 15 is 0 Å². The van der Waals surface area contributed by atoms with Gasteiger partial charge in [-0.1, -0.05) is 52.4 Å². The second-order valence-electron chi connectivity index (χ2n) is 8.81. The normalized spacial score (nSPS) is 18.6. The Morgan fingerprint density at radius 2 is 1.35 bits per heavy atom. The second-order valence-corrected chi connectivity index (χ2v) is 9.98. The average molecular weight is 378 g/mol. The van der Waals surface area contributed by atoms with Gasteiger partial charge in [0, 0.05) is 9.65 Å². The minimum absolute atomic E-state index is 0.199. The Balaban J connectivity index is 2.10. The molecule has 0 unspecified atom stereocenters. The van der Waals surface area contributed by atoms with E-state index in [4.69, 9.17) is 9.31 Å². The molecular formula is C22H39BO2S. The van der Waals surface area contributed by atoms with Crippen LogP contribution in [0.2, 0.25) is 0 Å². The maximum atomic E-state index is 6.36. The van der Waals surface area contributed by atoms with Gasteiger partial charge in [0.1, 0.15) is 0 Å². The molecule has 1 aromatic rings. The Kier molecular flexibility index (Phi) is 8.24. The molecule has 1 fully saturated rings. The van der Waals surface area contributed by atoms with Crippen LogP contribution in [0, 0.1) is 0 Å². The van der Waals surface area contributed by atoms with Crippen molar-refractivity contribution >= 4 is 23.2 Å². The summed E-state index contributed by atoms with van der Waals surface area (Å²) in [6.45, 7) is 13.1. The highest BCUT2D eigenvalue weighted by Gasteiger charge is 2.52. The van der Waals surface area contributed by atoms with Crippen LogP contribution in [0.3, 0.4) is 0 Å². The molecule has 0 spiro atoms. The monoisotopic (exact) mass is 378 g/mol. The fraction of sp³-hybridized carbons (Fsp3) is 0.818. The number of thiophene rings is 1. The molecule has 0 bridgehead atoms. The van der Waals surface area contributed by atoms with Gasteiger partial charge in [-0.25, -0.2) is 0 Å². The summed E-state index contributed by atoms with van der Waals surface area (Å²) in [4.78, 5) is 1.51. The summed E-state index contributed by atoms with van der Waals surface area (Å²) in [5.41, 5.74) is 0.945. The fourth-order valence-electron chi connectivity index (χ4n) is 3.44. The third kappa shape index (κ3) is 5.59. The van der Waals surface area contributed by atoms with Crippen molar-refractivity contribution < 1.29 is 9.31 Å². The Labute approximate surface area is 166 Å². The summed E-state index contributed by atoms with van der Waals surface area (Å²) in [6, 6.07) is 2.45. The van der Waals surface area contributed by atoms with Gasteiger partial charge in [-0.05, 0) is 65.0 Å². The molecular weight excluding hydrogens is 339 g/mol. The SMILES string of the molecule is CCCCCCc1cc(CCCCCC)c(B2OC(C)(C)C(C)(C)O2)s1. The van der Waals surface area contributed by atoms with E-state index < -0.39 is 0 Å². The van der Waals surface area contributed by atoms with Crippen molar-refractivity contribution in [2.24, 2.45) is 0 Å². The van der Waals surface area contributed by atoms with Crippen LogP contribution in [0.4, 0.5) is 0 Å². The molecule has 2 rings (SSSR count). The molecule has 1 aliphatic rings. The summed E-state index contributed by atoms with van der Waals surface area (Å²) in [5.74, 6) is 0. The summed E-state index contributed by atoms with van der Waals surface area (Å²) in [6.07, 6.45) is 12.9. The van der Waals surface area contributed by atoms with Crippen molar-refractivity contribution in [2.45, 2.75) is 117 Å². The molecule has 0 saturated carbocycles. The molecule has 148 valence electrons. The minimum Gasteiger partial charge on any atom is -0.399 e. The van der Waals surface area contributed by atoms with E-state index in [0.29, 0.717) is 0 Å². The van der Waals surface area contributed by atoms with Crippen LogP contribution in [0.1, 0.15) is 103 Å². The van der Waals surface area contributed by atoms with E-state index in [0.717, 1.165) is 6.42 Å². The Hall–Kier alpha value is -0.315. The lowest BCUT2D eigenvalue weighted by atomic mass is 9.83. The summed E-state index contributed by atoms with van der Waals surface area (Å²) >= 11 is 1.93. The van der Waals surface area contributed by atoms with Crippen molar-refractivity contribution in [3.05, 3.63) is 16.5 Å². The molecule has 1 aliphatic heterocycles. The van der Waals surface area contributed by atoms with Crippen molar-refractivity contribution in [1.82, 2.24) is 0 Å². The maximum Gasteiger partial charge on any atom is 0.505 e. The van der Waals surface area contributed by atoms with E-state index in [-0.39, 0.29) is 18.3 Å². The van der Waals surface area contributed by atoms with Gasteiger partial charge in [-0.2, -0.15) is 0 Å². The van der Waals surface area contributed by atoms with E-state index in [2.05, 4.69) is 47.6 Å². The highest BCUT2D eigenvalue weighted by Crippen LogP contribution is 2.37. The van der Waals surface area contributed by atoms with Crippen molar-refractivity contribution in [1.29, 1.82) is 0 Å². The summed E-state index contributed by atoms with van der Waals surface area (Å²) in [5, 5.41) is 0. The minimum atomic E-state index is -0.261. The van der Waals surface area contributed by atoms with Crippen LogP contribution in [0.25, 0.3) is 0 Å². The largest absolute Gasteiger partial charge is 0.505 e. The van der Waals surface area contributed by atoms with Gasteiger partial charge in [0.25, 0.3) is 0 Å². The van der Waals surface area contributed by atoms with Crippen LogP contribution in [-0.4, -0.2) is 18.3 Å². The van der Waals surface area contributed by atoms with Gasteiger partial charge in [0.15, 0.2) is 0 Å². The Morgan fingerprint density at radius 3 is 1.88 bits per heavy atom. The number of rotatable bonds is 11. The molecule has 4 heteroatoms. The van der Waals surface area contributed by atoms with Gasteiger partial charge in [0.05, 0.1) is 11.2 Å². The second kappa shape index (κ2) is 9.75. The predicted molar refractivity (Wildman–Crippen MR) is 116 cm³/mol. The molecule has 0 aliphatic carbocycles. The third-order valence-electron chi connectivity index (χ3n) is 5.94. The quantitative estimate of drug-likeness (QED) is 0.333. The van der Waals surface area contributed by atoms with Crippen LogP contribution in [-0.2, 0) is 22.2 Å². The van der Waals surface area contributed by atoms with Gasteiger partial charge in [0.2, 0.25) is 0 Å². The zero-order chi connectivity index (χ0) is 19.2. The highest BCUT2D eigenvalue weighted by molar-refractivity contribution is 7.22. The first kappa shape index (κ1) is 22.0. The zero-order valence-electron chi connectivity index (χ0n) is 18.0. The number of hydrogen-bond donors (Lipinski definition) is 0. The molecule has 0 N–H and O–H groups in total. The molecule has 1 saturated heterocycles. The lowest BCUT2D eigenvalue weighted by Gasteiger charge is -2.32. The molecule has 0 radical (unpaired) electrons. The molecule has 26 heavy (non-hydrogen) atoms. The van der Waals surface area contributed by atoms with Crippen molar-refractivity contribution in [2.75, 3.05) is 0 Å². The van der Waals surface area contributed by atoms with Gasteiger partial charge in [-0.3, -0.25) is 0 Å². The van der Waals surface area contributed by atoms with Gasteiger partial charge >= 0.3 is 7.12 Å². The van der Waals surface area contributed by atoms with Crippen molar-refractivity contribution in [3.8, 4) is 0 Å². The Bertz CT molecular complexity index is 534. The van der Waals surface area contributed by atoms with Crippen LogP contribution in [0.5, 0.6) is 0 Å². The van der Waals surface area contributed by atoms with Gasteiger partial charge in [-0.15, -0.1) is 11.3 Å². The zero-order valence-corrected chi connectivity index (χ0v) is 18.8. The number of aryl methyl sites for hydroxylation is 2. The highest BCUT2D eigenvalue weighted by atomic mass is 32.1. The Morgan fingerprint density at radius 1 is 0.808 bits per heavy atom. The molecule has 0 amide bonds. The van der Waals surface area contributed by atoms with Gasteiger partial charge < -0.3 is 9.31 Å². The van der Waals surface area contributed by atoms with Crippen LogP contribution < -0.4 is 4.78 Å². The number of hydrogen-bond acceptors (Lipinski definition) is 3. The first-order valence-corrected chi connectivity index (χ1v) is 11.6. The molecule has 0 aromatic carbocycles. The average Bonchev–Trinajstić information content (AvgIpc) is 3.06. The summed E-state index contributed by atoms with van der Waals surface area (Å²) in [7, 11) is -0.199. The van der Waals surface area contributed by atoms with Crippen LogP contribution in [0.15, 0.2) is 6.07 Å². The lowest BCUT2D eigenvalue weighted by Crippen LogP contribution is -2.41. The fourth-order valence-corrected chi connectivity index (χ4v) is 4.65. The third-order valence-corrected chi connectivity index (χ3v) is 7.20. The topological polar surface area (TPSA) is 18.5 Å². The summed E-state index contributed by atoms with van der Waals surface area (Å²) < 4.78 is 14.1. The van der Waals surface area contributed by atoms with E-state index in [1.165, 1.54) is 73.0 Å². The molecule has 0 atom stereocenters.